The van der Waals surface area contributed by atoms with Crippen LogP contribution in [0.5, 0.6) is 0 Å². The maximum atomic E-state index is 12.3. The van der Waals surface area contributed by atoms with Gasteiger partial charge in [-0.1, -0.05) is 23.2 Å². The van der Waals surface area contributed by atoms with Crippen molar-refractivity contribution in [3.63, 3.8) is 0 Å². The Kier molecular flexibility index (Phi) is 7.55. The molecule has 2 heterocycles. The van der Waals surface area contributed by atoms with Crippen molar-refractivity contribution in [2.75, 3.05) is 39.4 Å². The molecule has 0 radical (unpaired) electrons. The van der Waals surface area contributed by atoms with E-state index < -0.39 is 5.91 Å². The summed E-state index contributed by atoms with van der Waals surface area (Å²) in [5, 5.41) is 6.11. The van der Waals surface area contributed by atoms with Crippen molar-refractivity contribution in [1.29, 1.82) is 0 Å². The van der Waals surface area contributed by atoms with Gasteiger partial charge in [-0.2, -0.15) is 0 Å². The maximum Gasteiger partial charge on any atom is 0.253 e. The summed E-state index contributed by atoms with van der Waals surface area (Å²) < 4.78 is 11.2. The second-order valence-electron chi connectivity index (χ2n) is 6.72. The van der Waals surface area contributed by atoms with E-state index in [0.717, 1.165) is 24.6 Å². The Morgan fingerprint density at radius 3 is 2.55 bits per heavy atom. The highest BCUT2D eigenvalue weighted by molar-refractivity contribution is 6.36. The normalized spacial score (nSPS) is 15.7. The molecule has 29 heavy (non-hydrogen) atoms. The summed E-state index contributed by atoms with van der Waals surface area (Å²) in [6, 6.07) is 8.30. The quantitative estimate of drug-likeness (QED) is 0.692. The molecule has 1 atom stereocenters. The highest BCUT2D eigenvalue weighted by Crippen LogP contribution is 2.23. The van der Waals surface area contributed by atoms with E-state index in [9.17, 15) is 9.59 Å². The lowest BCUT2D eigenvalue weighted by atomic mass is 10.1. The van der Waals surface area contributed by atoms with E-state index in [1.54, 1.807) is 6.07 Å². The van der Waals surface area contributed by atoms with Crippen molar-refractivity contribution < 1.29 is 18.7 Å². The van der Waals surface area contributed by atoms with Gasteiger partial charge in [-0.3, -0.25) is 14.5 Å². The average Bonchev–Trinajstić information content (AvgIpc) is 3.13. The van der Waals surface area contributed by atoms with E-state index in [1.165, 1.54) is 12.1 Å². The first-order valence-electron chi connectivity index (χ1n) is 9.32. The SMILES string of the molecule is Cc1ccc(C(CNC(=O)CNC(=O)c2ccc(Cl)cc2Cl)N2CCOCC2)o1. The van der Waals surface area contributed by atoms with Crippen LogP contribution in [0.15, 0.2) is 34.7 Å². The van der Waals surface area contributed by atoms with E-state index in [2.05, 4.69) is 15.5 Å². The Balaban J connectivity index is 1.55. The number of carbonyl (C=O) groups is 2. The van der Waals surface area contributed by atoms with Gasteiger partial charge < -0.3 is 19.8 Å². The van der Waals surface area contributed by atoms with Crippen molar-refractivity contribution >= 4 is 35.0 Å². The fourth-order valence-corrected chi connectivity index (χ4v) is 3.63. The Hall–Kier alpha value is -2.06. The summed E-state index contributed by atoms with van der Waals surface area (Å²) in [4.78, 5) is 26.7. The van der Waals surface area contributed by atoms with E-state index in [1.807, 2.05) is 19.1 Å². The van der Waals surface area contributed by atoms with Crippen LogP contribution in [-0.2, 0) is 9.53 Å². The van der Waals surface area contributed by atoms with Crippen LogP contribution in [0.3, 0.4) is 0 Å². The number of nitrogens with zero attached hydrogens (tertiary/aromatic N) is 1. The highest BCUT2D eigenvalue weighted by Gasteiger charge is 2.25. The Morgan fingerprint density at radius 1 is 1.14 bits per heavy atom. The average molecular weight is 440 g/mol. The molecule has 2 N–H and O–H groups in total. The Morgan fingerprint density at radius 2 is 1.90 bits per heavy atom. The number of ether oxygens (including phenoxy) is 1. The maximum absolute atomic E-state index is 12.3. The van der Waals surface area contributed by atoms with Gasteiger partial charge >= 0.3 is 0 Å². The van der Waals surface area contributed by atoms with Crippen LogP contribution in [-0.4, -0.2) is 56.1 Å². The summed E-state index contributed by atoms with van der Waals surface area (Å²) >= 11 is 11.9. The number of carbonyl (C=O) groups excluding carboxylic acids is 2. The predicted molar refractivity (Wildman–Crippen MR) is 110 cm³/mol. The van der Waals surface area contributed by atoms with Gasteiger partial charge in [0.25, 0.3) is 5.91 Å². The standard InChI is InChI=1S/C20H23Cl2N3O4/c1-13-2-5-18(29-13)17(25-6-8-28-9-7-25)11-23-19(26)12-24-20(27)15-4-3-14(21)10-16(15)22/h2-5,10,17H,6-9,11-12H2,1H3,(H,23,26)(H,24,27). The summed E-state index contributed by atoms with van der Waals surface area (Å²) in [6.45, 7) is 4.88. The zero-order valence-electron chi connectivity index (χ0n) is 16.0. The zero-order valence-corrected chi connectivity index (χ0v) is 17.6. The number of nitrogens with one attached hydrogen (secondary N) is 2. The molecule has 0 bridgehead atoms. The monoisotopic (exact) mass is 439 g/mol. The minimum absolute atomic E-state index is 0.0991. The molecule has 1 aromatic heterocycles. The molecule has 1 aliphatic rings. The van der Waals surface area contributed by atoms with Crippen molar-refractivity contribution in [1.82, 2.24) is 15.5 Å². The van der Waals surface area contributed by atoms with E-state index in [-0.39, 0.29) is 29.1 Å². The van der Waals surface area contributed by atoms with Crippen molar-refractivity contribution in [2.45, 2.75) is 13.0 Å². The molecule has 1 aromatic carbocycles. The van der Waals surface area contributed by atoms with Crippen LogP contribution >= 0.6 is 23.2 Å². The molecule has 2 aromatic rings. The zero-order chi connectivity index (χ0) is 20.8. The van der Waals surface area contributed by atoms with Gasteiger partial charge in [-0.25, -0.2) is 0 Å². The number of benzene rings is 1. The van der Waals surface area contributed by atoms with Gasteiger partial charge in [0, 0.05) is 24.7 Å². The lowest BCUT2D eigenvalue weighted by Gasteiger charge is -2.33. The van der Waals surface area contributed by atoms with Crippen LogP contribution in [0.1, 0.15) is 27.9 Å². The molecule has 0 saturated carbocycles. The topological polar surface area (TPSA) is 83.8 Å². The van der Waals surface area contributed by atoms with E-state index in [4.69, 9.17) is 32.4 Å². The second kappa shape index (κ2) is 10.1. The number of hydrogen-bond acceptors (Lipinski definition) is 5. The predicted octanol–water partition coefficient (Wildman–Crippen LogP) is 2.81. The second-order valence-corrected chi connectivity index (χ2v) is 7.57. The number of aryl methyl sites for hydroxylation is 1. The van der Waals surface area contributed by atoms with Crippen molar-refractivity contribution in [2.24, 2.45) is 0 Å². The van der Waals surface area contributed by atoms with Gasteiger partial charge in [0.1, 0.15) is 11.5 Å². The Bertz CT molecular complexity index is 865. The number of hydrogen-bond donors (Lipinski definition) is 2. The molecular weight excluding hydrogens is 417 g/mol. The van der Waals surface area contributed by atoms with E-state index >= 15 is 0 Å². The molecule has 1 saturated heterocycles. The van der Waals surface area contributed by atoms with Gasteiger partial charge in [0.15, 0.2) is 0 Å². The summed E-state index contributed by atoms with van der Waals surface area (Å²) in [6.07, 6.45) is 0. The molecule has 9 heteroatoms. The first-order valence-corrected chi connectivity index (χ1v) is 10.1. The number of morpholine rings is 1. The van der Waals surface area contributed by atoms with E-state index in [0.29, 0.717) is 24.8 Å². The lowest BCUT2D eigenvalue weighted by molar-refractivity contribution is -0.120. The molecule has 0 spiro atoms. The number of amides is 2. The first kappa shape index (κ1) is 21.6. The summed E-state index contributed by atoms with van der Waals surface area (Å²) in [7, 11) is 0. The van der Waals surface area contributed by atoms with Crippen molar-refractivity contribution in [3.05, 3.63) is 57.5 Å². The highest BCUT2D eigenvalue weighted by atomic mass is 35.5. The van der Waals surface area contributed by atoms with Crippen LogP contribution in [0, 0.1) is 6.92 Å². The van der Waals surface area contributed by atoms with Crippen LogP contribution in [0.4, 0.5) is 0 Å². The smallest absolute Gasteiger partial charge is 0.253 e. The first-order chi connectivity index (χ1) is 13.9. The molecular formula is C20H23Cl2N3O4. The van der Waals surface area contributed by atoms with Crippen molar-refractivity contribution in [3.8, 4) is 0 Å². The molecule has 1 unspecified atom stereocenters. The van der Waals surface area contributed by atoms with Crippen LogP contribution in [0.2, 0.25) is 10.0 Å². The molecule has 7 nitrogen and oxygen atoms in total. The number of rotatable bonds is 7. The number of furan rings is 1. The molecule has 156 valence electrons. The third kappa shape index (κ3) is 5.96. The number of halogens is 2. The van der Waals surface area contributed by atoms with Crippen LogP contribution < -0.4 is 10.6 Å². The van der Waals surface area contributed by atoms with Crippen LogP contribution in [0.25, 0.3) is 0 Å². The third-order valence-corrected chi connectivity index (χ3v) is 5.20. The molecule has 1 aliphatic heterocycles. The van der Waals surface area contributed by atoms with Gasteiger partial charge in [0.2, 0.25) is 5.91 Å². The summed E-state index contributed by atoms with van der Waals surface area (Å²) in [5.74, 6) is 0.872. The largest absolute Gasteiger partial charge is 0.465 e. The fraction of sp³-hybridized carbons (Fsp3) is 0.400. The van der Waals surface area contributed by atoms with Gasteiger partial charge in [-0.15, -0.1) is 0 Å². The molecule has 0 aliphatic carbocycles. The molecule has 1 fully saturated rings. The Labute approximate surface area is 179 Å². The minimum Gasteiger partial charge on any atom is -0.465 e. The lowest BCUT2D eigenvalue weighted by Crippen LogP contribution is -2.45. The molecule has 2 amide bonds. The summed E-state index contributed by atoms with van der Waals surface area (Å²) in [5.41, 5.74) is 0.265. The van der Waals surface area contributed by atoms with Gasteiger partial charge in [0.05, 0.1) is 36.4 Å². The third-order valence-electron chi connectivity index (χ3n) is 4.65. The minimum atomic E-state index is -0.437. The van der Waals surface area contributed by atoms with Gasteiger partial charge in [-0.05, 0) is 37.3 Å². The fourth-order valence-electron chi connectivity index (χ4n) is 3.13. The molecule has 3 rings (SSSR count).